The van der Waals surface area contributed by atoms with Crippen LogP contribution in [-0.4, -0.2) is 30.6 Å². The summed E-state index contributed by atoms with van der Waals surface area (Å²) in [7, 11) is 1.32. The summed E-state index contributed by atoms with van der Waals surface area (Å²) in [4.78, 5) is 30.3. The maximum absolute atomic E-state index is 12.9. The first-order valence-electron chi connectivity index (χ1n) is 9.52. The number of dihydropyridines is 1. The van der Waals surface area contributed by atoms with Crippen molar-refractivity contribution in [3.05, 3.63) is 62.9 Å². The van der Waals surface area contributed by atoms with Gasteiger partial charge in [-0.25, -0.2) is 14.6 Å². The first-order chi connectivity index (χ1) is 14.4. The molecule has 1 aliphatic rings. The highest BCUT2D eigenvalue weighted by atomic mass is 35.5. The molecular formula is C22H23ClN2O4S. The van der Waals surface area contributed by atoms with Gasteiger partial charge in [-0.3, -0.25) is 0 Å². The van der Waals surface area contributed by atoms with E-state index in [9.17, 15) is 9.59 Å². The van der Waals surface area contributed by atoms with Crippen LogP contribution in [-0.2, 0) is 19.1 Å². The van der Waals surface area contributed by atoms with Gasteiger partial charge in [-0.1, -0.05) is 30.7 Å². The van der Waals surface area contributed by atoms with Crippen LogP contribution in [0.15, 0.2) is 52.2 Å². The zero-order valence-corrected chi connectivity index (χ0v) is 18.8. The van der Waals surface area contributed by atoms with Gasteiger partial charge in [-0.05, 0) is 32.4 Å². The second kappa shape index (κ2) is 9.45. The molecule has 0 radical (unpaired) electrons. The number of hydrogen-bond acceptors (Lipinski definition) is 7. The average Bonchev–Trinajstić information content (AvgIpc) is 3.21. The number of esters is 2. The Balaban J connectivity index is 2.09. The topological polar surface area (TPSA) is 77.5 Å². The number of rotatable bonds is 6. The van der Waals surface area contributed by atoms with Gasteiger partial charge in [0.1, 0.15) is 5.01 Å². The van der Waals surface area contributed by atoms with E-state index in [0.29, 0.717) is 46.3 Å². The van der Waals surface area contributed by atoms with Crippen LogP contribution in [0.4, 0.5) is 0 Å². The zero-order valence-electron chi connectivity index (χ0n) is 17.2. The number of thiazole rings is 1. The Bertz CT molecular complexity index is 1020. The van der Waals surface area contributed by atoms with Crippen LogP contribution in [0.5, 0.6) is 0 Å². The highest BCUT2D eigenvalue weighted by Gasteiger charge is 2.39. The van der Waals surface area contributed by atoms with Crippen molar-refractivity contribution in [2.75, 3.05) is 13.7 Å². The number of hydrogen-bond donors (Lipinski definition) is 1. The molecule has 158 valence electrons. The van der Waals surface area contributed by atoms with Crippen molar-refractivity contribution in [3.8, 4) is 10.6 Å². The third-order valence-corrected chi connectivity index (χ3v) is 5.89. The Hall–Kier alpha value is -2.64. The van der Waals surface area contributed by atoms with E-state index in [-0.39, 0.29) is 0 Å². The molecule has 1 aromatic carbocycles. The summed E-state index contributed by atoms with van der Waals surface area (Å²) in [6.45, 7) is 5.79. The molecule has 3 rings (SSSR count). The second-order valence-corrected chi connectivity index (χ2v) is 8.14. The lowest BCUT2D eigenvalue weighted by molar-refractivity contribution is -0.139. The molecule has 1 atom stereocenters. The van der Waals surface area contributed by atoms with E-state index in [1.165, 1.54) is 18.4 Å². The number of nitrogens with one attached hydrogen (secondary N) is 1. The molecule has 2 aromatic rings. The summed E-state index contributed by atoms with van der Waals surface area (Å²) >= 11 is 7.42. The van der Waals surface area contributed by atoms with Gasteiger partial charge in [0.05, 0.1) is 36.5 Å². The summed E-state index contributed by atoms with van der Waals surface area (Å²) in [5.41, 5.74) is 3.46. The molecular weight excluding hydrogens is 424 g/mol. The van der Waals surface area contributed by atoms with Gasteiger partial charge in [0.2, 0.25) is 0 Å². The summed E-state index contributed by atoms with van der Waals surface area (Å²) in [6.07, 6.45) is 0.701. The van der Waals surface area contributed by atoms with E-state index in [4.69, 9.17) is 26.1 Å². The number of methoxy groups -OCH3 is 1. The van der Waals surface area contributed by atoms with Crippen LogP contribution in [0.1, 0.15) is 38.8 Å². The lowest BCUT2D eigenvalue weighted by Crippen LogP contribution is -2.32. The number of allylic oxidation sites excluding steroid dienone is 2. The largest absolute Gasteiger partial charge is 0.466 e. The molecule has 1 aliphatic heterocycles. The van der Waals surface area contributed by atoms with Gasteiger partial charge < -0.3 is 14.8 Å². The van der Waals surface area contributed by atoms with Crippen molar-refractivity contribution >= 4 is 34.9 Å². The van der Waals surface area contributed by atoms with E-state index in [1.54, 1.807) is 26.0 Å². The fraction of sp³-hybridized carbons (Fsp3) is 0.318. The van der Waals surface area contributed by atoms with Gasteiger partial charge in [0.25, 0.3) is 0 Å². The minimum absolute atomic E-state index is 0.297. The van der Waals surface area contributed by atoms with Crippen molar-refractivity contribution in [2.24, 2.45) is 0 Å². The first kappa shape index (κ1) is 22.1. The van der Waals surface area contributed by atoms with E-state index >= 15 is 0 Å². The molecule has 0 fully saturated rings. The Kier molecular flexibility index (Phi) is 6.95. The standard InChI is InChI=1S/C22H23ClN2O4S/c1-5-10-29-22(27)18-13(3)24-12(2)17(21(26)28-4)19(18)16-11-30-20(25-16)14-6-8-15(23)9-7-14/h6-9,11,19,24H,5,10H2,1-4H3. The lowest BCUT2D eigenvalue weighted by Gasteiger charge is -2.29. The number of halogens is 1. The smallest absolute Gasteiger partial charge is 0.336 e. The molecule has 8 heteroatoms. The van der Waals surface area contributed by atoms with E-state index in [1.807, 2.05) is 24.4 Å². The third-order valence-electron chi connectivity index (χ3n) is 4.73. The predicted molar refractivity (Wildman–Crippen MR) is 117 cm³/mol. The molecule has 30 heavy (non-hydrogen) atoms. The van der Waals surface area contributed by atoms with Gasteiger partial charge in [0.15, 0.2) is 0 Å². The summed E-state index contributed by atoms with van der Waals surface area (Å²) in [6, 6.07) is 7.36. The summed E-state index contributed by atoms with van der Waals surface area (Å²) < 4.78 is 10.4. The monoisotopic (exact) mass is 446 g/mol. The zero-order chi connectivity index (χ0) is 21.8. The van der Waals surface area contributed by atoms with E-state index < -0.39 is 17.9 Å². The van der Waals surface area contributed by atoms with Crippen LogP contribution in [0.2, 0.25) is 5.02 Å². The number of benzene rings is 1. The predicted octanol–water partition coefficient (Wildman–Crippen LogP) is 4.82. The normalized spacial score (nSPS) is 16.4. The second-order valence-electron chi connectivity index (χ2n) is 6.85. The quantitative estimate of drug-likeness (QED) is 0.640. The van der Waals surface area contributed by atoms with Crippen molar-refractivity contribution < 1.29 is 19.1 Å². The minimum atomic E-state index is -0.680. The Morgan fingerprint density at radius 2 is 1.77 bits per heavy atom. The molecule has 0 amide bonds. The van der Waals surface area contributed by atoms with Crippen molar-refractivity contribution in [1.82, 2.24) is 10.3 Å². The minimum Gasteiger partial charge on any atom is -0.466 e. The fourth-order valence-electron chi connectivity index (χ4n) is 3.36. The van der Waals surface area contributed by atoms with Crippen LogP contribution < -0.4 is 5.32 Å². The SMILES string of the molecule is CCCOC(=O)C1=C(C)NC(C)=C(C(=O)OC)C1c1csc(-c2ccc(Cl)cc2)n1. The molecule has 1 aromatic heterocycles. The number of aromatic nitrogens is 1. The van der Waals surface area contributed by atoms with Crippen LogP contribution in [0.3, 0.4) is 0 Å². The summed E-state index contributed by atoms with van der Waals surface area (Å²) in [5, 5.41) is 6.38. The number of ether oxygens (including phenoxy) is 2. The van der Waals surface area contributed by atoms with Crippen LogP contribution in [0, 0.1) is 0 Å². The summed E-state index contributed by atoms with van der Waals surface area (Å²) in [5.74, 6) is -1.67. The molecule has 0 aliphatic carbocycles. The molecule has 0 bridgehead atoms. The van der Waals surface area contributed by atoms with Crippen molar-refractivity contribution in [3.63, 3.8) is 0 Å². The lowest BCUT2D eigenvalue weighted by atomic mass is 9.83. The number of carbonyl (C=O) groups excluding carboxylic acids is 2. The third kappa shape index (κ3) is 4.42. The van der Waals surface area contributed by atoms with Crippen LogP contribution in [0.25, 0.3) is 10.6 Å². The van der Waals surface area contributed by atoms with E-state index in [2.05, 4.69) is 5.32 Å². The maximum Gasteiger partial charge on any atom is 0.336 e. The van der Waals surface area contributed by atoms with Gasteiger partial charge in [-0.2, -0.15) is 0 Å². The molecule has 1 unspecified atom stereocenters. The molecule has 2 heterocycles. The molecule has 6 nitrogen and oxygen atoms in total. The van der Waals surface area contributed by atoms with Crippen LogP contribution >= 0.6 is 22.9 Å². The molecule has 0 spiro atoms. The Labute approximate surface area is 184 Å². The van der Waals surface area contributed by atoms with E-state index in [0.717, 1.165) is 10.6 Å². The highest BCUT2D eigenvalue weighted by Crippen LogP contribution is 2.40. The molecule has 0 saturated heterocycles. The highest BCUT2D eigenvalue weighted by molar-refractivity contribution is 7.13. The Morgan fingerprint density at radius 1 is 1.13 bits per heavy atom. The van der Waals surface area contributed by atoms with Gasteiger partial charge >= 0.3 is 11.9 Å². The first-order valence-corrected chi connectivity index (χ1v) is 10.8. The average molecular weight is 447 g/mol. The fourth-order valence-corrected chi connectivity index (χ4v) is 4.33. The maximum atomic E-state index is 12.9. The molecule has 0 saturated carbocycles. The molecule has 1 N–H and O–H groups in total. The van der Waals surface area contributed by atoms with Crippen molar-refractivity contribution in [1.29, 1.82) is 0 Å². The Morgan fingerprint density at radius 3 is 2.37 bits per heavy atom. The van der Waals surface area contributed by atoms with Crippen molar-refractivity contribution in [2.45, 2.75) is 33.1 Å². The van der Waals surface area contributed by atoms with Gasteiger partial charge in [0, 0.05) is 27.4 Å². The number of nitrogens with zero attached hydrogens (tertiary/aromatic N) is 1. The number of carbonyl (C=O) groups is 2. The van der Waals surface area contributed by atoms with Gasteiger partial charge in [-0.15, -0.1) is 11.3 Å².